The fraction of sp³-hybridized carbons (Fsp3) is 0.444. The number of allylic oxidation sites excluding steroid dienone is 1. The van der Waals surface area contributed by atoms with E-state index in [4.69, 9.17) is 5.73 Å². The van der Waals surface area contributed by atoms with E-state index in [-0.39, 0.29) is 0 Å². The summed E-state index contributed by atoms with van der Waals surface area (Å²) in [6.45, 7) is 7.83. The predicted octanol–water partition coefficient (Wildman–Crippen LogP) is -0.0940. The molecule has 0 aromatic carbocycles. The highest BCUT2D eigenvalue weighted by Gasteiger charge is 2.09. The van der Waals surface area contributed by atoms with Crippen molar-refractivity contribution in [2.24, 2.45) is 10.7 Å². The third-order valence-electron chi connectivity index (χ3n) is 1.90. The van der Waals surface area contributed by atoms with E-state index in [1.54, 1.807) is 12.3 Å². The third kappa shape index (κ3) is 3.29. The molecule has 0 aromatic heterocycles. The van der Waals surface area contributed by atoms with Crippen molar-refractivity contribution in [3.8, 4) is 0 Å². The number of hydrogen-bond acceptors (Lipinski definition) is 4. The summed E-state index contributed by atoms with van der Waals surface area (Å²) in [5, 5.41) is 3.27. The number of nitrogens with one attached hydrogen (secondary N) is 1. The number of nitrogens with zero attached hydrogens (tertiary/aromatic N) is 2. The number of rotatable bonds is 3. The molecule has 1 aliphatic rings. The van der Waals surface area contributed by atoms with Crippen molar-refractivity contribution in [2.75, 3.05) is 26.2 Å². The summed E-state index contributed by atoms with van der Waals surface area (Å²) in [5.74, 6) is 0.805. The molecule has 4 heteroatoms. The molecule has 1 heterocycles. The molecular weight excluding hydrogens is 164 g/mol. The molecule has 1 rings (SSSR count). The zero-order chi connectivity index (χ0) is 9.52. The van der Waals surface area contributed by atoms with Crippen LogP contribution in [0.5, 0.6) is 0 Å². The van der Waals surface area contributed by atoms with E-state index in [1.165, 1.54) is 6.20 Å². The fourth-order valence-electron chi connectivity index (χ4n) is 1.18. The van der Waals surface area contributed by atoms with E-state index in [2.05, 4.69) is 21.8 Å². The Balaban J connectivity index is 2.37. The first-order chi connectivity index (χ1) is 6.34. The second-order valence-corrected chi connectivity index (χ2v) is 2.82. The number of nitrogens with two attached hydrogens (primary N) is 1. The lowest BCUT2D eigenvalue weighted by molar-refractivity contribution is 0.298. The smallest absolute Gasteiger partial charge is 0.121 e. The van der Waals surface area contributed by atoms with Crippen LogP contribution in [0.15, 0.2) is 29.7 Å². The van der Waals surface area contributed by atoms with Gasteiger partial charge in [0.15, 0.2) is 0 Å². The van der Waals surface area contributed by atoms with Crippen LogP contribution in [-0.4, -0.2) is 37.3 Å². The second-order valence-electron chi connectivity index (χ2n) is 2.82. The molecule has 1 fully saturated rings. The first-order valence-corrected chi connectivity index (χ1v) is 4.40. The number of hydrogen-bond donors (Lipinski definition) is 2. The summed E-state index contributed by atoms with van der Waals surface area (Å²) in [5.41, 5.74) is 5.17. The Hall–Kier alpha value is -1.29. The summed E-state index contributed by atoms with van der Waals surface area (Å²) in [7, 11) is 0. The van der Waals surface area contributed by atoms with Crippen LogP contribution in [0.3, 0.4) is 0 Å². The molecule has 4 nitrogen and oxygen atoms in total. The lowest BCUT2D eigenvalue weighted by Crippen LogP contribution is -2.42. The van der Waals surface area contributed by atoms with Gasteiger partial charge in [-0.3, -0.25) is 0 Å². The summed E-state index contributed by atoms with van der Waals surface area (Å²) in [6.07, 6.45) is 4.80. The minimum Gasteiger partial charge on any atom is -0.405 e. The van der Waals surface area contributed by atoms with Gasteiger partial charge < -0.3 is 16.0 Å². The minimum absolute atomic E-state index is 0.805. The van der Waals surface area contributed by atoms with Crippen LogP contribution < -0.4 is 11.1 Å². The normalized spacial score (nSPS) is 18.6. The molecule has 1 aliphatic heterocycles. The van der Waals surface area contributed by atoms with Crippen LogP contribution in [0, 0.1) is 0 Å². The first kappa shape index (κ1) is 9.80. The Kier molecular flexibility index (Phi) is 4.05. The van der Waals surface area contributed by atoms with Crippen LogP contribution in [0.1, 0.15) is 0 Å². The molecule has 0 bridgehead atoms. The van der Waals surface area contributed by atoms with E-state index in [0.717, 1.165) is 32.0 Å². The number of piperazine rings is 1. The second kappa shape index (κ2) is 5.37. The quantitative estimate of drug-likeness (QED) is 0.597. The first-order valence-electron chi connectivity index (χ1n) is 4.40. The molecular formula is C9H16N4. The van der Waals surface area contributed by atoms with Crippen molar-refractivity contribution in [3.05, 3.63) is 24.7 Å². The highest BCUT2D eigenvalue weighted by atomic mass is 15.2. The van der Waals surface area contributed by atoms with Gasteiger partial charge in [0, 0.05) is 32.4 Å². The average Bonchev–Trinajstić information content (AvgIpc) is 2.19. The van der Waals surface area contributed by atoms with Crippen LogP contribution in [-0.2, 0) is 0 Å². The summed E-state index contributed by atoms with van der Waals surface area (Å²) >= 11 is 0. The van der Waals surface area contributed by atoms with Crippen LogP contribution in [0.25, 0.3) is 0 Å². The number of aliphatic imine (C=N–C) groups is 1. The van der Waals surface area contributed by atoms with Gasteiger partial charge >= 0.3 is 0 Å². The van der Waals surface area contributed by atoms with Crippen molar-refractivity contribution in [3.63, 3.8) is 0 Å². The minimum atomic E-state index is 0.805. The van der Waals surface area contributed by atoms with Crippen LogP contribution >= 0.6 is 0 Å². The van der Waals surface area contributed by atoms with E-state index in [9.17, 15) is 0 Å². The molecule has 0 aliphatic carbocycles. The highest BCUT2D eigenvalue weighted by Crippen LogP contribution is 2.03. The van der Waals surface area contributed by atoms with Gasteiger partial charge in [-0.1, -0.05) is 6.58 Å². The maximum atomic E-state index is 5.17. The molecule has 3 N–H and O–H groups in total. The van der Waals surface area contributed by atoms with Gasteiger partial charge in [-0.2, -0.15) is 0 Å². The Morgan fingerprint density at radius 3 is 2.77 bits per heavy atom. The molecule has 0 amide bonds. The molecule has 0 radical (unpaired) electrons. The van der Waals surface area contributed by atoms with E-state index < -0.39 is 0 Å². The van der Waals surface area contributed by atoms with Crippen molar-refractivity contribution in [1.29, 1.82) is 0 Å². The predicted molar refractivity (Wildman–Crippen MR) is 55.4 cm³/mol. The molecule has 0 unspecified atom stereocenters. The van der Waals surface area contributed by atoms with E-state index >= 15 is 0 Å². The van der Waals surface area contributed by atoms with E-state index in [0.29, 0.717) is 0 Å². The van der Waals surface area contributed by atoms with Crippen LogP contribution in [0.4, 0.5) is 0 Å². The van der Waals surface area contributed by atoms with Crippen molar-refractivity contribution in [2.45, 2.75) is 0 Å². The molecule has 0 atom stereocenters. The SMILES string of the molecule is C=C(/N=C\C=C/N)N1CCNCC1. The maximum Gasteiger partial charge on any atom is 0.121 e. The lowest BCUT2D eigenvalue weighted by atomic mass is 10.4. The largest absolute Gasteiger partial charge is 0.405 e. The Morgan fingerprint density at radius 1 is 1.46 bits per heavy atom. The third-order valence-corrected chi connectivity index (χ3v) is 1.90. The highest BCUT2D eigenvalue weighted by molar-refractivity contribution is 5.71. The van der Waals surface area contributed by atoms with Crippen molar-refractivity contribution < 1.29 is 0 Å². The molecule has 0 spiro atoms. The zero-order valence-electron chi connectivity index (χ0n) is 7.74. The topological polar surface area (TPSA) is 53.6 Å². The Bertz CT molecular complexity index is 214. The van der Waals surface area contributed by atoms with E-state index in [1.807, 2.05) is 0 Å². The maximum absolute atomic E-state index is 5.17. The average molecular weight is 180 g/mol. The van der Waals surface area contributed by atoms with Gasteiger partial charge in [-0.05, 0) is 12.3 Å². The monoisotopic (exact) mass is 180 g/mol. The summed E-state index contributed by atoms with van der Waals surface area (Å²) in [4.78, 5) is 6.30. The standard InChI is InChI=1S/C9H16N4/c1-9(12-4-2-3-10)13-7-5-11-6-8-13/h2-4,11H,1,5-8,10H2/b3-2-,12-4-. The fourth-order valence-corrected chi connectivity index (χ4v) is 1.18. The van der Waals surface area contributed by atoms with Crippen molar-refractivity contribution >= 4 is 6.21 Å². The van der Waals surface area contributed by atoms with Gasteiger partial charge in [0.2, 0.25) is 0 Å². The van der Waals surface area contributed by atoms with Crippen molar-refractivity contribution in [1.82, 2.24) is 10.2 Å². The van der Waals surface area contributed by atoms with Gasteiger partial charge in [-0.15, -0.1) is 0 Å². The Morgan fingerprint density at radius 2 is 2.15 bits per heavy atom. The van der Waals surface area contributed by atoms with Gasteiger partial charge in [0.05, 0.1) is 0 Å². The van der Waals surface area contributed by atoms with Gasteiger partial charge in [-0.25, -0.2) is 4.99 Å². The molecule has 13 heavy (non-hydrogen) atoms. The lowest BCUT2D eigenvalue weighted by Gasteiger charge is -2.28. The molecule has 0 aromatic rings. The summed E-state index contributed by atoms with van der Waals surface area (Å²) < 4.78 is 0. The summed E-state index contributed by atoms with van der Waals surface area (Å²) in [6, 6.07) is 0. The Labute approximate surface area is 78.8 Å². The zero-order valence-corrected chi connectivity index (χ0v) is 7.74. The van der Waals surface area contributed by atoms with Crippen LogP contribution in [0.2, 0.25) is 0 Å². The van der Waals surface area contributed by atoms with Gasteiger partial charge in [0.25, 0.3) is 0 Å². The molecule has 0 saturated carbocycles. The molecule has 72 valence electrons. The van der Waals surface area contributed by atoms with Gasteiger partial charge in [0.1, 0.15) is 5.82 Å². The molecule has 1 saturated heterocycles.